The molecule has 1 aromatic carbocycles. The van der Waals surface area contributed by atoms with E-state index in [9.17, 15) is 19.2 Å². The molecule has 0 bridgehead atoms. The molecular weight excluding hydrogens is 472 g/mol. The van der Waals surface area contributed by atoms with Crippen LogP contribution in [0.25, 0.3) is 0 Å². The van der Waals surface area contributed by atoms with Crippen molar-refractivity contribution in [2.75, 3.05) is 21.0 Å². The van der Waals surface area contributed by atoms with E-state index in [4.69, 9.17) is 23.7 Å². The fourth-order valence-electron chi connectivity index (χ4n) is 3.22. The second-order valence-electron chi connectivity index (χ2n) is 7.75. The van der Waals surface area contributed by atoms with Crippen molar-refractivity contribution in [1.29, 1.82) is 0 Å². The number of carbonyl (C=O) groups is 4. The normalized spacial score (nSPS) is 12.9. The topological polar surface area (TPSA) is 139 Å². The van der Waals surface area contributed by atoms with Gasteiger partial charge in [-0.05, 0) is 25.8 Å². The number of carbonyl (C=O) groups excluding carboxylic acids is 4. The van der Waals surface area contributed by atoms with Crippen LogP contribution in [0, 0.1) is 5.92 Å². The molecule has 0 saturated carbocycles. The Bertz CT molecular complexity index is 1060. The molecule has 0 fully saturated rings. The Kier molecular flexibility index (Phi) is 10.7. The van der Waals surface area contributed by atoms with Gasteiger partial charge in [-0.15, -0.1) is 0 Å². The highest BCUT2D eigenvalue weighted by Gasteiger charge is 2.31. The van der Waals surface area contributed by atoms with Gasteiger partial charge in [0.15, 0.2) is 17.2 Å². The predicted octanol–water partition coefficient (Wildman–Crippen LogP) is 2.07. The van der Waals surface area contributed by atoms with Crippen LogP contribution in [0.2, 0.25) is 0 Å². The summed E-state index contributed by atoms with van der Waals surface area (Å²) in [4.78, 5) is 52.9. The largest absolute Gasteiger partial charge is 0.493 e. The van der Waals surface area contributed by atoms with Gasteiger partial charge in [0.25, 0.3) is 5.91 Å². The molecule has 0 aliphatic carbocycles. The summed E-state index contributed by atoms with van der Waals surface area (Å²) in [6, 6.07) is 9.62. The van der Waals surface area contributed by atoms with Crippen molar-refractivity contribution in [3.05, 3.63) is 53.9 Å². The quantitative estimate of drug-likeness (QED) is 0.261. The molecule has 1 heterocycles. The Labute approximate surface area is 209 Å². The summed E-state index contributed by atoms with van der Waals surface area (Å²) >= 11 is 0. The third-order valence-electron chi connectivity index (χ3n) is 5.14. The maximum Gasteiger partial charge on any atom is 0.328 e. The first kappa shape index (κ1) is 28.1. The van der Waals surface area contributed by atoms with E-state index in [-0.39, 0.29) is 17.2 Å². The number of nitrogens with one attached hydrogen (secondary N) is 1. The van der Waals surface area contributed by atoms with Crippen LogP contribution in [0.1, 0.15) is 36.8 Å². The number of esters is 3. The van der Waals surface area contributed by atoms with Crippen molar-refractivity contribution in [2.24, 2.45) is 5.92 Å². The van der Waals surface area contributed by atoms with E-state index in [0.29, 0.717) is 6.42 Å². The van der Waals surface area contributed by atoms with Gasteiger partial charge in [-0.25, -0.2) is 9.78 Å². The van der Waals surface area contributed by atoms with Crippen molar-refractivity contribution in [2.45, 2.75) is 39.3 Å². The second-order valence-corrected chi connectivity index (χ2v) is 7.75. The van der Waals surface area contributed by atoms with E-state index in [0.717, 1.165) is 5.56 Å². The number of amides is 1. The monoisotopic (exact) mass is 502 g/mol. The first-order chi connectivity index (χ1) is 17.2. The molecule has 0 aliphatic heterocycles. The average Bonchev–Trinajstić information content (AvgIpc) is 2.86. The Hall–Kier alpha value is -4.15. The minimum atomic E-state index is -1.09. The molecule has 0 aliphatic rings. The van der Waals surface area contributed by atoms with E-state index in [1.807, 2.05) is 30.3 Å². The Morgan fingerprint density at radius 1 is 1.00 bits per heavy atom. The van der Waals surface area contributed by atoms with Gasteiger partial charge in [0, 0.05) is 19.2 Å². The summed E-state index contributed by atoms with van der Waals surface area (Å²) in [7, 11) is 2.63. The zero-order chi connectivity index (χ0) is 26.7. The van der Waals surface area contributed by atoms with Crippen LogP contribution in [-0.4, -0.2) is 62.0 Å². The SMILES string of the molecule is COC(=O)[C@@H](Cc1ccccc1)[C@H](C)OC(=O)[C@H](C)NC(=O)c1nccc(OC)c1OCOC(C)=O. The molecule has 0 radical (unpaired) electrons. The minimum Gasteiger partial charge on any atom is -0.493 e. The van der Waals surface area contributed by atoms with Crippen molar-refractivity contribution in [3.63, 3.8) is 0 Å². The summed E-state index contributed by atoms with van der Waals surface area (Å²) in [6.07, 6.45) is 0.795. The van der Waals surface area contributed by atoms with E-state index in [2.05, 4.69) is 10.3 Å². The molecule has 0 saturated heterocycles. The second kappa shape index (κ2) is 13.7. The number of aromatic nitrogens is 1. The fraction of sp³-hybridized carbons (Fsp3) is 0.400. The Morgan fingerprint density at radius 3 is 2.31 bits per heavy atom. The standard InChI is InChI=1S/C25H30N2O9/c1-15(24(30)36-16(2)19(25(31)33-5)13-18-9-7-6-8-10-18)27-23(29)21-22(35-14-34-17(3)28)20(32-4)11-12-26-21/h6-12,15-16,19H,13-14H2,1-5H3,(H,27,29)/t15-,16-,19-/m0/s1. The minimum absolute atomic E-state index is 0.0682. The number of methoxy groups -OCH3 is 2. The van der Waals surface area contributed by atoms with E-state index >= 15 is 0 Å². The first-order valence-corrected chi connectivity index (χ1v) is 11.1. The van der Waals surface area contributed by atoms with Gasteiger partial charge < -0.3 is 29.0 Å². The summed E-state index contributed by atoms with van der Waals surface area (Å²) in [5.41, 5.74) is 0.688. The van der Waals surface area contributed by atoms with E-state index < -0.39 is 48.7 Å². The van der Waals surface area contributed by atoms with Crippen molar-refractivity contribution >= 4 is 23.8 Å². The maximum absolute atomic E-state index is 12.9. The van der Waals surface area contributed by atoms with Crippen molar-refractivity contribution < 1.29 is 42.9 Å². The molecule has 0 unspecified atom stereocenters. The lowest BCUT2D eigenvalue weighted by molar-refractivity contribution is -0.160. The van der Waals surface area contributed by atoms with Crippen LogP contribution in [-0.2, 0) is 35.0 Å². The molecule has 2 aromatic rings. The lowest BCUT2D eigenvalue weighted by atomic mass is 9.94. The molecule has 36 heavy (non-hydrogen) atoms. The third-order valence-corrected chi connectivity index (χ3v) is 5.14. The van der Waals surface area contributed by atoms with Crippen LogP contribution in [0.3, 0.4) is 0 Å². The van der Waals surface area contributed by atoms with E-state index in [1.54, 1.807) is 6.92 Å². The van der Waals surface area contributed by atoms with Gasteiger partial charge in [0.05, 0.1) is 20.1 Å². The maximum atomic E-state index is 12.9. The Morgan fingerprint density at radius 2 is 1.69 bits per heavy atom. The van der Waals surface area contributed by atoms with Crippen LogP contribution >= 0.6 is 0 Å². The Balaban J connectivity index is 2.09. The highest BCUT2D eigenvalue weighted by Crippen LogP contribution is 2.29. The van der Waals surface area contributed by atoms with Gasteiger partial charge in [0.1, 0.15) is 12.1 Å². The molecule has 0 spiro atoms. The van der Waals surface area contributed by atoms with Crippen LogP contribution in [0.5, 0.6) is 11.5 Å². The number of hydrogen-bond acceptors (Lipinski definition) is 10. The zero-order valence-electron chi connectivity index (χ0n) is 20.8. The number of ether oxygens (including phenoxy) is 5. The molecule has 194 valence electrons. The lowest BCUT2D eigenvalue weighted by Crippen LogP contribution is -2.43. The first-order valence-electron chi connectivity index (χ1n) is 11.1. The van der Waals surface area contributed by atoms with Crippen LogP contribution in [0.15, 0.2) is 42.6 Å². The van der Waals surface area contributed by atoms with Crippen LogP contribution in [0.4, 0.5) is 0 Å². The molecule has 1 amide bonds. The number of rotatable bonds is 12. The molecule has 3 atom stereocenters. The fourth-order valence-corrected chi connectivity index (χ4v) is 3.22. The average molecular weight is 503 g/mol. The summed E-state index contributed by atoms with van der Waals surface area (Å²) < 4.78 is 25.7. The molecule has 1 aromatic heterocycles. The molecule has 11 heteroatoms. The highest BCUT2D eigenvalue weighted by molar-refractivity contribution is 5.98. The summed E-state index contributed by atoms with van der Waals surface area (Å²) in [5.74, 6) is -3.25. The molecular formula is C25H30N2O9. The third kappa shape index (κ3) is 7.97. The van der Waals surface area contributed by atoms with Crippen LogP contribution < -0.4 is 14.8 Å². The predicted molar refractivity (Wildman–Crippen MR) is 126 cm³/mol. The summed E-state index contributed by atoms with van der Waals surface area (Å²) in [5, 5.41) is 2.49. The van der Waals surface area contributed by atoms with Crippen molar-refractivity contribution in [3.8, 4) is 11.5 Å². The molecule has 2 rings (SSSR count). The summed E-state index contributed by atoms with van der Waals surface area (Å²) in [6.45, 7) is 3.75. The number of hydrogen-bond donors (Lipinski definition) is 1. The number of pyridine rings is 1. The van der Waals surface area contributed by atoms with Crippen molar-refractivity contribution in [1.82, 2.24) is 10.3 Å². The number of nitrogens with zero attached hydrogens (tertiary/aromatic N) is 1. The molecule has 11 nitrogen and oxygen atoms in total. The number of benzene rings is 1. The van der Waals surface area contributed by atoms with Gasteiger partial charge in [-0.2, -0.15) is 0 Å². The molecule has 1 N–H and O–H groups in total. The van der Waals surface area contributed by atoms with Gasteiger partial charge in [-0.3, -0.25) is 14.4 Å². The van der Waals surface area contributed by atoms with Gasteiger partial charge >= 0.3 is 17.9 Å². The van der Waals surface area contributed by atoms with Gasteiger partial charge in [0.2, 0.25) is 6.79 Å². The lowest BCUT2D eigenvalue weighted by Gasteiger charge is -2.24. The smallest absolute Gasteiger partial charge is 0.328 e. The zero-order valence-corrected chi connectivity index (χ0v) is 20.8. The van der Waals surface area contributed by atoms with Gasteiger partial charge in [-0.1, -0.05) is 30.3 Å². The van der Waals surface area contributed by atoms with E-state index in [1.165, 1.54) is 40.3 Å². The highest BCUT2D eigenvalue weighted by atomic mass is 16.7.